The van der Waals surface area contributed by atoms with Crippen LogP contribution in [0.4, 0.5) is 5.69 Å². The molecule has 2 aliphatic heterocycles. The topological polar surface area (TPSA) is 60.2 Å². The van der Waals surface area contributed by atoms with Gasteiger partial charge in [0.1, 0.15) is 0 Å². The third-order valence-corrected chi connectivity index (χ3v) is 8.05. The van der Waals surface area contributed by atoms with Crippen molar-refractivity contribution in [3.63, 3.8) is 0 Å². The number of halogens is 1. The molecule has 3 aromatic rings. The number of ketones is 1. The van der Waals surface area contributed by atoms with Gasteiger partial charge >= 0.3 is 0 Å². The second kappa shape index (κ2) is 9.80. The van der Waals surface area contributed by atoms with Crippen LogP contribution in [-0.2, 0) is 21.5 Å². The predicted octanol–water partition coefficient (Wildman–Crippen LogP) is 5.75. The summed E-state index contributed by atoms with van der Waals surface area (Å²) in [4.78, 5) is 15.2. The zero-order chi connectivity index (χ0) is 24.6. The SMILES string of the molecule is CN1/C(=C/C(=O)CSc2nnc(-c3ccc(Cl)cc3)n2CC2CCCO2)C(C)(C)c2ccccc21. The second-order valence-electron chi connectivity index (χ2n) is 9.54. The Balaban J connectivity index is 1.36. The molecule has 1 atom stereocenters. The molecule has 182 valence electrons. The number of nitrogens with zero attached hydrogens (tertiary/aromatic N) is 4. The van der Waals surface area contributed by atoms with E-state index in [0.29, 0.717) is 11.6 Å². The normalized spacial score (nSPS) is 19.9. The molecule has 5 rings (SSSR count). The van der Waals surface area contributed by atoms with Crippen LogP contribution in [-0.4, -0.2) is 46.1 Å². The second-order valence-corrected chi connectivity index (χ2v) is 10.9. The maximum atomic E-state index is 13.1. The van der Waals surface area contributed by atoms with Gasteiger partial charge in [-0.2, -0.15) is 0 Å². The Morgan fingerprint density at radius 2 is 1.97 bits per heavy atom. The van der Waals surface area contributed by atoms with Crippen LogP contribution in [0.15, 0.2) is 65.5 Å². The van der Waals surface area contributed by atoms with Crippen molar-refractivity contribution in [3.8, 4) is 11.4 Å². The molecular formula is C27H29ClN4O2S. The quantitative estimate of drug-likeness (QED) is 0.299. The lowest BCUT2D eigenvalue weighted by Gasteiger charge is -2.23. The van der Waals surface area contributed by atoms with Gasteiger partial charge in [-0.3, -0.25) is 9.36 Å². The van der Waals surface area contributed by atoms with Gasteiger partial charge in [0.2, 0.25) is 0 Å². The molecule has 0 spiro atoms. The molecule has 0 aliphatic carbocycles. The summed E-state index contributed by atoms with van der Waals surface area (Å²) in [7, 11) is 2.02. The minimum Gasteiger partial charge on any atom is -0.376 e. The average Bonchev–Trinajstić information content (AvgIpc) is 3.55. The van der Waals surface area contributed by atoms with Crippen molar-refractivity contribution >= 4 is 34.8 Å². The molecule has 0 N–H and O–H groups in total. The Morgan fingerprint density at radius 1 is 1.20 bits per heavy atom. The number of para-hydroxylation sites is 1. The van der Waals surface area contributed by atoms with E-state index in [0.717, 1.165) is 47.4 Å². The highest BCUT2D eigenvalue weighted by atomic mass is 35.5. The van der Waals surface area contributed by atoms with E-state index in [9.17, 15) is 4.79 Å². The molecule has 0 radical (unpaired) electrons. The number of ether oxygens (including phenoxy) is 1. The van der Waals surface area contributed by atoms with Crippen molar-refractivity contribution in [2.75, 3.05) is 24.3 Å². The highest BCUT2D eigenvalue weighted by Crippen LogP contribution is 2.46. The van der Waals surface area contributed by atoms with Crippen LogP contribution in [0.3, 0.4) is 0 Å². The van der Waals surface area contributed by atoms with Crippen LogP contribution in [0, 0.1) is 0 Å². The number of carbonyl (C=O) groups excluding carboxylic acids is 1. The van der Waals surface area contributed by atoms with Crippen LogP contribution in [0.25, 0.3) is 11.4 Å². The number of fused-ring (bicyclic) bond motifs is 1. The number of hydrogen-bond donors (Lipinski definition) is 0. The van der Waals surface area contributed by atoms with Crippen LogP contribution >= 0.6 is 23.4 Å². The Hall–Kier alpha value is -2.61. The van der Waals surface area contributed by atoms with Gasteiger partial charge < -0.3 is 9.64 Å². The molecule has 0 bridgehead atoms. The summed E-state index contributed by atoms with van der Waals surface area (Å²) in [6, 6.07) is 15.9. The van der Waals surface area contributed by atoms with Gasteiger partial charge in [-0.25, -0.2) is 0 Å². The Bertz CT molecular complexity index is 1260. The van der Waals surface area contributed by atoms with Crippen molar-refractivity contribution < 1.29 is 9.53 Å². The van der Waals surface area contributed by atoms with Crippen molar-refractivity contribution in [1.29, 1.82) is 0 Å². The van der Waals surface area contributed by atoms with E-state index >= 15 is 0 Å². The Labute approximate surface area is 215 Å². The van der Waals surface area contributed by atoms with Crippen LogP contribution in [0.1, 0.15) is 32.3 Å². The van der Waals surface area contributed by atoms with Crippen LogP contribution in [0.2, 0.25) is 5.02 Å². The number of rotatable bonds is 7. The van der Waals surface area contributed by atoms with E-state index in [4.69, 9.17) is 16.3 Å². The van der Waals surface area contributed by atoms with Gasteiger partial charge in [0.25, 0.3) is 0 Å². The van der Waals surface area contributed by atoms with Crippen LogP contribution in [0.5, 0.6) is 0 Å². The van der Waals surface area contributed by atoms with E-state index in [-0.39, 0.29) is 23.1 Å². The fourth-order valence-electron chi connectivity index (χ4n) is 4.95. The molecule has 3 heterocycles. The molecule has 0 amide bonds. The molecule has 0 saturated carbocycles. The number of benzene rings is 2. The number of hydrogen-bond acceptors (Lipinski definition) is 6. The molecule has 35 heavy (non-hydrogen) atoms. The van der Waals surface area contributed by atoms with E-state index in [1.165, 1.54) is 17.3 Å². The zero-order valence-electron chi connectivity index (χ0n) is 20.2. The fourth-order valence-corrected chi connectivity index (χ4v) is 5.85. The van der Waals surface area contributed by atoms with Crippen molar-refractivity contribution in [1.82, 2.24) is 14.8 Å². The summed E-state index contributed by atoms with van der Waals surface area (Å²) in [5, 5.41) is 10.3. The Morgan fingerprint density at radius 3 is 2.69 bits per heavy atom. The van der Waals surface area contributed by atoms with E-state index in [1.807, 2.05) is 43.4 Å². The molecule has 1 aromatic heterocycles. The summed E-state index contributed by atoms with van der Waals surface area (Å²) >= 11 is 7.50. The number of allylic oxidation sites excluding steroid dienone is 2. The summed E-state index contributed by atoms with van der Waals surface area (Å²) in [6.07, 6.45) is 3.98. The number of carbonyl (C=O) groups is 1. The van der Waals surface area contributed by atoms with Gasteiger partial charge in [0, 0.05) is 47.1 Å². The van der Waals surface area contributed by atoms with Crippen molar-refractivity contribution in [2.24, 2.45) is 0 Å². The van der Waals surface area contributed by atoms with Crippen LogP contribution < -0.4 is 4.90 Å². The fraction of sp³-hybridized carbons (Fsp3) is 0.370. The third-order valence-electron chi connectivity index (χ3n) is 6.81. The number of likely N-dealkylation sites (N-methyl/N-ethyl adjacent to an activating group) is 1. The van der Waals surface area contributed by atoms with Gasteiger partial charge in [0.05, 0.1) is 18.4 Å². The van der Waals surface area contributed by atoms with E-state index < -0.39 is 0 Å². The summed E-state index contributed by atoms with van der Waals surface area (Å²) < 4.78 is 7.96. The van der Waals surface area contributed by atoms with Gasteiger partial charge in [-0.05, 0) is 48.7 Å². The minimum absolute atomic E-state index is 0.0532. The first-order valence-corrected chi connectivity index (χ1v) is 13.2. The number of anilines is 1. The first kappa shape index (κ1) is 24.1. The molecule has 6 nitrogen and oxygen atoms in total. The van der Waals surface area contributed by atoms with E-state index in [1.54, 1.807) is 6.08 Å². The van der Waals surface area contributed by atoms with Crippen molar-refractivity contribution in [2.45, 2.75) is 49.9 Å². The standard InChI is InChI=1S/C27H29ClN4O2S/c1-27(2)22-8-4-5-9-23(22)31(3)24(27)15-20(33)17-35-26-30-29-25(18-10-12-19(28)13-11-18)32(26)16-21-7-6-14-34-21/h4-5,8-13,15,21H,6-7,14,16-17H2,1-3H3/b24-15+. The molecule has 1 unspecified atom stereocenters. The minimum atomic E-state index is -0.229. The Kier molecular flexibility index (Phi) is 6.75. The maximum absolute atomic E-state index is 13.1. The van der Waals surface area contributed by atoms with E-state index in [2.05, 4.69) is 45.6 Å². The molecule has 8 heteroatoms. The molecule has 2 aliphatic rings. The monoisotopic (exact) mass is 508 g/mol. The third kappa shape index (κ3) is 4.77. The smallest absolute Gasteiger partial charge is 0.192 e. The summed E-state index contributed by atoms with van der Waals surface area (Å²) in [6.45, 7) is 5.77. The molecule has 1 saturated heterocycles. The van der Waals surface area contributed by atoms with Gasteiger partial charge in [-0.15, -0.1) is 10.2 Å². The molecule has 2 aromatic carbocycles. The lowest BCUT2D eigenvalue weighted by atomic mass is 9.83. The lowest BCUT2D eigenvalue weighted by molar-refractivity contribution is -0.112. The maximum Gasteiger partial charge on any atom is 0.192 e. The molecular weight excluding hydrogens is 480 g/mol. The van der Waals surface area contributed by atoms with Crippen molar-refractivity contribution in [3.05, 3.63) is 70.9 Å². The highest BCUT2D eigenvalue weighted by molar-refractivity contribution is 7.99. The summed E-state index contributed by atoms with van der Waals surface area (Å²) in [5.41, 5.74) is 4.10. The van der Waals surface area contributed by atoms with Gasteiger partial charge in [-0.1, -0.05) is 55.4 Å². The number of aromatic nitrogens is 3. The number of thioether (sulfide) groups is 1. The zero-order valence-corrected chi connectivity index (χ0v) is 21.8. The first-order valence-electron chi connectivity index (χ1n) is 11.9. The predicted molar refractivity (Wildman–Crippen MR) is 141 cm³/mol. The van der Waals surface area contributed by atoms with Gasteiger partial charge in [0.15, 0.2) is 16.8 Å². The largest absolute Gasteiger partial charge is 0.376 e. The average molecular weight is 509 g/mol. The molecule has 1 fully saturated rings. The summed E-state index contributed by atoms with van der Waals surface area (Å²) in [5.74, 6) is 1.10. The highest BCUT2D eigenvalue weighted by Gasteiger charge is 2.38. The lowest BCUT2D eigenvalue weighted by Crippen LogP contribution is -2.24. The first-order chi connectivity index (χ1) is 16.8.